The molecule has 1 aliphatic heterocycles. The summed E-state index contributed by atoms with van der Waals surface area (Å²) in [6, 6.07) is 15.8. The Morgan fingerprint density at radius 3 is 2.42 bits per heavy atom. The molecule has 31 heavy (non-hydrogen) atoms. The summed E-state index contributed by atoms with van der Waals surface area (Å²) in [4.78, 5) is 27.3. The van der Waals surface area contributed by atoms with E-state index < -0.39 is 0 Å². The van der Waals surface area contributed by atoms with Gasteiger partial charge in [-0.2, -0.15) is 10.4 Å². The Balaban J connectivity index is 1.36. The van der Waals surface area contributed by atoms with Gasteiger partial charge in [0, 0.05) is 35.3 Å². The van der Waals surface area contributed by atoms with Crippen LogP contribution >= 0.6 is 11.6 Å². The molecule has 1 aliphatic rings. The predicted octanol–water partition coefficient (Wildman–Crippen LogP) is 3.64. The van der Waals surface area contributed by atoms with Gasteiger partial charge in [0.05, 0.1) is 29.1 Å². The molecule has 7 nitrogen and oxygen atoms in total. The first-order valence-corrected chi connectivity index (χ1v) is 10.3. The second kappa shape index (κ2) is 9.02. The van der Waals surface area contributed by atoms with Crippen LogP contribution in [0.1, 0.15) is 39.1 Å². The van der Waals surface area contributed by atoms with E-state index in [1.165, 1.54) is 0 Å². The maximum absolute atomic E-state index is 13.1. The highest BCUT2D eigenvalue weighted by Gasteiger charge is 2.27. The standard InChI is InChI=1S/C23H20ClN5O2/c24-18-7-5-16(6-8-18)21-20(14-26-28-21)23(31)29-11-9-19(10-12-29)27-22(30)17-3-1-15(13-25)2-4-17/h1-8,14,19H,9-12H2,(H,26,28)(H,27,30). The van der Waals surface area contributed by atoms with Crippen molar-refractivity contribution in [1.29, 1.82) is 5.26 Å². The number of nitriles is 1. The number of likely N-dealkylation sites (tertiary alicyclic amines) is 1. The Morgan fingerprint density at radius 1 is 1.10 bits per heavy atom. The number of benzene rings is 2. The fraction of sp³-hybridized carbons (Fsp3) is 0.217. The summed E-state index contributed by atoms with van der Waals surface area (Å²) in [7, 11) is 0. The minimum atomic E-state index is -0.172. The van der Waals surface area contributed by atoms with E-state index in [-0.39, 0.29) is 17.9 Å². The average molecular weight is 434 g/mol. The molecule has 1 saturated heterocycles. The van der Waals surface area contributed by atoms with Crippen molar-refractivity contribution in [2.45, 2.75) is 18.9 Å². The number of aromatic nitrogens is 2. The van der Waals surface area contributed by atoms with Crippen LogP contribution in [0.2, 0.25) is 5.02 Å². The van der Waals surface area contributed by atoms with E-state index in [0.29, 0.717) is 53.3 Å². The smallest absolute Gasteiger partial charge is 0.257 e. The Hall–Kier alpha value is -3.63. The van der Waals surface area contributed by atoms with E-state index in [2.05, 4.69) is 15.5 Å². The van der Waals surface area contributed by atoms with Gasteiger partial charge in [-0.15, -0.1) is 0 Å². The number of carbonyl (C=O) groups excluding carboxylic acids is 2. The molecule has 0 aliphatic carbocycles. The summed E-state index contributed by atoms with van der Waals surface area (Å²) >= 11 is 5.96. The zero-order valence-corrected chi connectivity index (χ0v) is 17.4. The van der Waals surface area contributed by atoms with E-state index in [9.17, 15) is 9.59 Å². The summed E-state index contributed by atoms with van der Waals surface area (Å²) in [5.41, 5.74) is 3.05. The lowest BCUT2D eigenvalue weighted by Gasteiger charge is -2.32. The number of piperidine rings is 1. The predicted molar refractivity (Wildman–Crippen MR) is 117 cm³/mol. The topological polar surface area (TPSA) is 102 Å². The van der Waals surface area contributed by atoms with Crippen LogP contribution in [0.25, 0.3) is 11.3 Å². The van der Waals surface area contributed by atoms with Crippen LogP contribution in [0, 0.1) is 11.3 Å². The zero-order chi connectivity index (χ0) is 21.8. The largest absolute Gasteiger partial charge is 0.349 e. The molecule has 2 heterocycles. The Labute approximate surface area is 184 Å². The van der Waals surface area contributed by atoms with Crippen LogP contribution in [0.3, 0.4) is 0 Å². The van der Waals surface area contributed by atoms with E-state index in [1.54, 1.807) is 47.5 Å². The van der Waals surface area contributed by atoms with Crippen molar-refractivity contribution >= 4 is 23.4 Å². The number of halogens is 1. The highest BCUT2D eigenvalue weighted by atomic mass is 35.5. The van der Waals surface area contributed by atoms with Crippen LogP contribution in [-0.2, 0) is 0 Å². The number of aromatic amines is 1. The quantitative estimate of drug-likeness (QED) is 0.655. The molecule has 0 bridgehead atoms. The zero-order valence-electron chi connectivity index (χ0n) is 16.6. The molecule has 1 aromatic heterocycles. The lowest BCUT2D eigenvalue weighted by atomic mass is 10.0. The molecule has 3 aromatic rings. The molecule has 2 aromatic carbocycles. The monoisotopic (exact) mass is 433 g/mol. The molecule has 0 unspecified atom stereocenters. The number of hydrogen-bond donors (Lipinski definition) is 2. The van der Waals surface area contributed by atoms with Crippen molar-refractivity contribution in [3.8, 4) is 17.3 Å². The van der Waals surface area contributed by atoms with E-state index >= 15 is 0 Å². The number of H-pyrrole nitrogens is 1. The summed E-state index contributed by atoms with van der Waals surface area (Å²) in [6.07, 6.45) is 2.88. The molecule has 8 heteroatoms. The normalized spacial score (nSPS) is 14.1. The molecule has 1 fully saturated rings. The van der Waals surface area contributed by atoms with Gasteiger partial charge < -0.3 is 10.2 Å². The number of nitrogens with one attached hydrogen (secondary N) is 2. The van der Waals surface area contributed by atoms with Gasteiger partial charge in [0.25, 0.3) is 11.8 Å². The fourth-order valence-corrected chi connectivity index (χ4v) is 3.77. The van der Waals surface area contributed by atoms with Gasteiger partial charge >= 0.3 is 0 Å². The van der Waals surface area contributed by atoms with Gasteiger partial charge in [0.2, 0.25) is 0 Å². The van der Waals surface area contributed by atoms with Crippen molar-refractivity contribution in [3.05, 3.63) is 76.4 Å². The second-order valence-corrected chi connectivity index (χ2v) is 7.83. The van der Waals surface area contributed by atoms with Crippen molar-refractivity contribution in [1.82, 2.24) is 20.4 Å². The average Bonchev–Trinajstić information content (AvgIpc) is 3.29. The van der Waals surface area contributed by atoms with Crippen LogP contribution in [-0.4, -0.2) is 46.0 Å². The lowest BCUT2D eigenvalue weighted by molar-refractivity contribution is 0.0699. The molecule has 156 valence electrons. The van der Waals surface area contributed by atoms with Gasteiger partial charge in [0.1, 0.15) is 0 Å². The molecule has 0 atom stereocenters. The molecule has 0 spiro atoms. The third kappa shape index (κ3) is 4.60. The third-order valence-corrected chi connectivity index (χ3v) is 5.65. The van der Waals surface area contributed by atoms with Crippen molar-refractivity contribution in [2.24, 2.45) is 0 Å². The molecular formula is C23H20ClN5O2. The summed E-state index contributed by atoms with van der Waals surface area (Å²) in [6.45, 7) is 1.09. The molecule has 2 amide bonds. The SMILES string of the molecule is N#Cc1ccc(C(=O)NC2CCN(C(=O)c3cn[nH]c3-c3ccc(Cl)cc3)CC2)cc1. The van der Waals surface area contributed by atoms with Crippen LogP contribution in [0.15, 0.2) is 54.7 Å². The summed E-state index contributed by atoms with van der Waals surface area (Å²) in [5, 5.41) is 19.5. The molecule has 0 radical (unpaired) electrons. The maximum atomic E-state index is 13.1. The van der Waals surface area contributed by atoms with Gasteiger partial charge in [-0.3, -0.25) is 14.7 Å². The highest BCUT2D eigenvalue weighted by molar-refractivity contribution is 6.30. The summed E-state index contributed by atoms with van der Waals surface area (Å²) in [5.74, 6) is -0.260. The fourth-order valence-electron chi connectivity index (χ4n) is 3.65. The van der Waals surface area contributed by atoms with Crippen molar-refractivity contribution in [3.63, 3.8) is 0 Å². The van der Waals surface area contributed by atoms with Gasteiger partial charge in [-0.05, 0) is 49.2 Å². The molecule has 0 saturated carbocycles. The Morgan fingerprint density at radius 2 is 1.77 bits per heavy atom. The lowest BCUT2D eigenvalue weighted by Crippen LogP contribution is -2.46. The van der Waals surface area contributed by atoms with Crippen LogP contribution in [0.5, 0.6) is 0 Å². The maximum Gasteiger partial charge on any atom is 0.257 e. The molecular weight excluding hydrogens is 414 g/mol. The molecule has 2 N–H and O–H groups in total. The first kappa shape index (κ1) is 20.6. The minimum absolute atomic E-state index is 0.00715. The summed E-state index contributed by atoms with van der Waals surface area (Å²) < 4.78 is 0. The Bertz CT molecular complexity index is 1120. The van der Waals surface area contributed by atoms with Crippen LogP contribution < -0.4 is 5.32 Å². The van der Waals surface area contributed by atoms with Gasteiger partial charge in [-0.1, -0.05) is 23.7 Å². The first-order valence-electron chi connectivity index (χ1n) is 9.95. The van der Waals surface area contributed by atoms with Crippen molar-refractivity contribution in [2.75, 3.05) is 13.1 Å². The Kier molecular flexibility index (Phi) is 6.01. The van der Waals surface area contributed by atoms with E-state index in [1.807, 2.05) is 18.2 Å². The van der Waals surface area contributed by atoms with E-state index in [0.717, 1.165) is 5.56 Å². The second-order valence-electron chi connectivity index (χ2n) is 7.39. The third-order valence-electron chi connectivity index (χ3n) is 5.40. The number of nitrogens with zero attached hydrogens (tertiary/aromatic N) is 3. The van der Waals surface area contributed by atoms with E-state index in [4.69, 9.17) is 16.9 Å². The van der Waals surface area contributed by atoms with Gasteiger partial charge in [0.15, 0.2) is 0 Å². The van der Waals surface area contributed by atoms with Crippen LogP contribution in [0.4, 0.5) is 0 Å². The number of hydrogen-bond acceptors (Lipinski definition) is 4. The van der Waals surface area contributed by atoms with Crippen molar-refractivity contribution < 1.29 is 9.59 Å². The first-order chi connectivity index (χ1) is 15.0. The van der Waals surface area contributed by atoms with Gasteiger partial charge in [-0.25, -0.2) is 0 Å². The minimum Gasteiger partial charge on any atom is -0.349 e. The number of amides is 2. The number of rotatable bonds is 4. The number of carbonyl (C=O) groups is 2. The molecule has 4 rings (SSSR count). The highest BCUT2D eigenvalue weighted by Crippen LogP contribution is 2.25.